The predicted octanol–water partition coefficient (Wildman–Crippen LogP) is 1.54. The van der Waals surface area contributed by atoms with Crippen LogP contribution < -0.4 is 5.73 Å². The summed E-state index contributed by atoms with van der Waals surface area (Å²) in [6.45, 7) is 7.40. The van der Waals surface area contributed by atoms with Gasteiger partial charge in [0.05, 0.1) is 18.4 Å². The van der Waals surface area contributed by atoms with Crippen molar-refractivity contribution in [1.82, 2.24) is 4.90 Å². The fourth-order valence-corrected chi connectivity index (χ4v) is 2.65. The summed E-state index contributed by atoms with van der Waals surface area (Å²) in [6.07, 6.45) is 6.65. The third kappa shape index (κ3) is 1.93. The minimum Gasteiger partial charge on any atom is -0.358 e. The maximum Gasteiger partial charge on any atom is 0.0909 e. The molecular formula is C12H21N3. The van der Waals surface area contributed by atoms with Crippen molar-refractivity contribution in [2.24, 2.45) is 10.7 Å². The molecule has 2 heterocycles. The second kappa shape index (κ2) is 4.35. The van der Waals surface area contributed by atoms with Crippen molar-refractivity contribution in [3.05, 3.63) is 12.2 Å². The summed E-state index contributed by atoms with van der Waals surface area (Å²) >= 11 is 0. The highest BCUT2D eigenvalue weighted by Crippen LogP contribution is 2.28. The molecule has 0 aliphatic carbocycles. The Kier molecular flexibility index (Phi) is 3.10. The van der Waals surface area contributed by atoms with Gasteiger partial charge >= 0.3 is 0 Å². The Labute approximate surface area is 92.0 Å². The largest absolute Gasteiger partial charge is 0.358 e. The lowest BCUT2D eigenvalue weighted by Gasteiger charge is -2.26. The number of nitrogens with two attached hydrogens (primary N) is 1. The van der Waals surface area contributed by atoms with E-state index in [2.05, 4.69) is 23.4 Å². The fourth-order valence-electron chi connectivity index (χ4n) is 2.65. The third-order valence-corrected chi connectivity index (χ3v) is 3.53. The molecule has 1 saturated heterocycles. The number of rotatable bonds is 4. The van der Waals surface area contributed by atoms with E-state index < -0.39 is 0 Å². The molecule has 0 saturated carbocycles. The molecule has 2 N–H and O–H groups in total. The summed E-state index contributed by atoms with van der Waals surface area (Å²) in [5.74, 6) is 0. The van der Waals surface area contributed by atoms with Gasteiger partial charge in [0.2, 0.25) is 0 Å². The van der Waals surface area contributed by atoms with Gasteiger partial charge in [-0.2, -0.15) is 0 Å². The van der Waals surface area contributed by atoms with Crippen molar-refractivity contribution in [2.45, 2.75) is 50.7 Å². The van der Waals surface area contributed by atoms with Gasteiger partial charge in [0.25, 0.3) is 0 Å². The lowest BCUT2D eigenvalue weighted by atomic mass is 9.93. The molecule has 1 fully saturated rings. The summed E-state index contributed by atoms with van der Waals surface area (Å²) in [5, 5.41) is 0. The SMILES string of the molecule is C=C(CCC)C(N)C1N=CN2CCCC12. The Balaban J connectivity index is 1.99. The Hall–Kier alpha value is -0.830. The summed E-state index contributed by atoms with van der Waals surface area (Å²) in [5.41, 5.74) is 7.39. The van der Waals surface area contributed by atoms with Crippen molar-refractivity contribution in [2.75, 3.05) is 6.54 Å². The van der Waals surface area contributed by atoms with Crippen LogP contribution >= 0.6 is 0 Å². The standard InChI is InChI=1S/C12H21N3/c1-3-5-9(2)11(13)12-10-6-4-7-15(10)8-14-12/h8,10-12H,2-7,13H2,1H3. The monoisotopic (exact) mass is 207 g/mol. The molecule has 0 aromatic heterocycles. The molecular weight excluding hydrogens is 186 g/mol. The minimum atomic E-state index is 0.0503. The average molecular weight is 207 g/mol. The zero-order valence-electron chi connectivity index (χ0n) is 9.52. The molecule has 84 valence electrons. The van der Waals surface area contributed by atoms with Crippen LogP contribution in [-0.2, 0) is 0 Å². The molecule has 3 atom stereocenters. The predicted molar refractivity (Wildman–Crippen MR) is 64.0 cm³/mol. The van der Waals surface area contributed by atoms with E-state index in [9.17, 15) is 0 Å². The quantitative estimate of drug-likeness (QED) is 0.711. The van der Waals surface area contributed by atoms with Gasteiger partial charge in [0.1, 0.15) is 0 Å². The van der Waals surface area contributed by atoms with Crippen LogP contribution in [0.3, 0.4) is 0 Å². The molecule has 3 unspecified atom stereocenters. The Bertz CT molecular complexity index is 272. The fraction of sp³-hybridized carbons (Fsp3) is 0.750. The molecule has 0 aromatic rings. The molecule has 0 aromatic carbocycles. The summed E-state index contributed by atoms with van der Waals surface area (Å²) in [6, 6.07) is 0.856. The molecule has 0 spiro atoms. The Morgan fingerprint density at radius 3 is 3.27 bits per heavy atom. The second-order valence-electron chi connectivity index (χ2n) is 4.64. The van der Waals surface area contributed by atoms with Crippen LogP contribution in [0.15, 0.2) is 17.1 Å². The van der Waals surface area contributed by atoms with E-state index in [0.717, 1.165) is 25.0 Å². The van der Waals surface area contributed by atoms with Crippen LogP contribution in [-0.4, -0.2) is 35.9 Å². The highest BCUT2D eigenvalue weighted by atomic mass is 15.3. The summed E-state index contributed by atoms with van der Waals surface area (Å²) in [7, 11) is 0. The van der Waals surface area contributed by atoms with Gasteiger partial charge < -0.3 is 10.6 Å². The zero-order chi connectivity index (χ0) is 10.8. The lowest BCUT2D eigenvalue weighted by molar-refractivity contribution is 0.358. The van der Waals surface area contributed by atoms with Gasteiger partial charge in [0.15, 0.2) is 0 Å². The highest BCUT2D eigenvalue weighted by Gasteiger charge is 2.37. The summed E-state index contributed by atoms with van der Waals surface area (Å²) < 4.78 is 0. The molecule has 0 bridgehead atoms. The van der Waals surface area contributed by atoms with Crippen LogP contribution in [0.5, 0.6) is 0 Å². The molecule has 15 heavy (non-hydrogen) atoms. The second-order valence-corrected chi connectivity index (χ2v) is 4.64. The van der Waals surface area contributed by atoms with Crippen molar-refractivity contribution in [1.29, 1.82) is 0 Å². The average Bonchev–Trinajstić information content (AvgIpc) is 2.77. The number of hydrogen-bond donors (Lipinski definition) is 1. The number of fused-ring (bicyclic) bond motifs is 1. The maximum atomic E-state index is 6.22. The van der Waals surface area contributed by atoms with Crippen LogP contribution in [0.4, 0.5) is 0 Å². The van der Waals surface area contributed by atoms with E-state index in [1.807, 2.05) is 6.34 Å². The Morgan fingerprint density at radius 1 is 1.73 bits per heavy atom. The van der Waals surface area contributed by atoms with E-state index in [-0.39, 0.29) is 12.1 Å². The maximum absolute atomic E-state index is 6.22. The third-order valence-electron chi connectivity index (χ3n) is 3.53. The van der Waals surface area contributed by atoms with Gasteiger partial charge in [-0.15, -0.1) is 0 Å². The molecule has 0 amide bonds. The van der Waals surface area contributed by atoms with E-state index in [0.29, 0.717) is 6.04 Å². The van der Waals surface area contributed by atoms with Crippen molar-refractivity contribution < 1.29 is 0 Å². The van der Waals surface area contributed by atoms with E-state index in [4.69, 9.17) is 5.73 Å². The number of aliphatic imine (C=N–C) groups is 1. The molecule has 2 aliphatic heterocycles. The van der Waals surface area contributed by atoms with Gasteiger partial charge in [-0.05, 0) is 19.3 Å². The number of hydrogen-bond acceptors (Lipinski definition) is 3. The van der Waals surface area contributed by atoms with Gasteiger partial charge in [-0.1, -0.05) is 25.5 Å². The topological polar surface area (TPSA) is 41.6 Å². The molecule has 2 aliphatic rings. The number of nitrogens with zero attached hydrogens (tertiary/aromatic N) is 2. The first kappa shape index (κ1) is 10.7. The van der Waals surface area contributed by atoms with Crippen LogP contribution in [0.25, 0.3) is 0 Å². The Morgan fingerprint density at radius 2 is 2.53 bits per heavy atom. The highest BCUT2D eigenvalue weighted by molar-refractivity contribution is 5.60. The molecule has 2 rings (SSSR count). The minimum absolute atomic E-state index is 0.0503. The van der Waals surface area contributed by atoms with Crippen LogP contribution in [0, 0.1) is 0 Å². The molecule has 0 radical (unpaired) electrons. The van der Waals surface area contributed by atoms with Crippen molar-refractivity contribution in [3.63, 3.8) is 0 Å². The lowest BCUT2D eigenvalue weighted by Crippen LogP contribution is -2.43. The van der Waals surface area contributed by atoms with Crippen LogP contribution in [0.2, 0.25) is 0 Å². The first-order valence-corrected chi connectivity index (χ1v) is 5.96. The van der Waals surface area contributed by atoms with Crippen LogP contribution in [0.1, 0.15) is 32.6 Å². The van der Waals surface area contributed by atoms with Gasteiger partial charge in [-0.25, -0.2) is 0 Å². The van der Waals surface area contributed by atoms with Gasteiger partial charge in [0, 0.05) is 12.6 Å². The van der Waals surface area contributed by atoms with E-state index >= 15 is 0 Å². The first-order valence-electron chi connectivity index (χ1n) is 5.96. The van der Waals surface area contributed by atoms with Crippen molar-refractivity contribution in [3.8, 4) is 0 Å². The molecule has 3 heteroatoms. The van der Waals surface area contributed by atoms with Crippen molar-refractivity contribution >= 4 is 6.34 Å². The van der Waals surface area contributed by atoms with Gasteiger partial charge in [-0.3, -0.25) is 4.99 Å². The normalized spacial score (nSPS) is 30.7. The van der Waals surface area contributed by atoms with E-state index in [1.54, 1.807) is 0 Å². The first-order chi connectivity index (χ1) is 7.24. The zero-order valence-corrected chi connectivity index (χ0v) is 9.52. The van der Waals surface area contributed by atoms with E-state index in [1.165, 1.54) is 12.8 Å². The summed E-state index contributed by atoms with van der Waals surface area (Å²) in [4.78, 5) is 6.88. The molecule has 3 nitrogen and oxygen atoms in total. The smallest absolute Gasteiger partial charge is 0.0909 e.